The predicted octanol–water partition coefficient (Wildman–Crippen LogP) is 0.0109. The molecule has 1 N–H and O–H groups in total. The molecule has 116 valence electrons. The van der Waals surface area contributed by atoms with Crippen LogP contribution in [0.3, 0.4) is 0 Å². The average Bonchev–Trinajstić information content (AvgIpc) is 2.89. The number of likely N-dealkylation sites (tertiary alicyclic amines) is 2. The van der Waals surface area contributed by atoms with Crippen LogP contribution in [0.5, 0.6) is 0 Å². The Morgan fingerprint density at radius 2 is 1.85 bits per heavy atom. The van der Waals surface area contributed by atoms with Gasteiger partial charge >= 0.3 is 0 Å². The zero-order valence-electron chi connectivity index (χ0n) is 12.3. The smallest absolute Gasteiger partial charge is 0.239 e. The second-order valence-electron chi connectivity index (χ2n) is 5.93. The average molecular weight is 303 g/mol. The summed E-state index contributed by atoms with van der Waals surface area (Å²) >= 11 is 0. The van der Waals surface area contributed by atoms with Gasteiger partial charge in [0.05, 0.1) is 12.3 Å². The van der Waals surface area contributed by atoms with Crippen LogP contribution in [-0.4, -0.2) is 68.6 Å². The summed E-state index contributed by atoms with van der Waals surface area (Å²) in [5.41, 5.74) is 0. The lowest BCUT2D eigenvalue weighted by Gasteiger charge is -2.37. The number of rotatable bonds is 4. The summed E-state index contributed by atoms with van der Waals surface area (Å²) in [6.45, 7) is 5.14. The molecule has 0 aromatic rings. The van der Waals surface area contributed by atoms with Gasteiger partial charge in [-0.15, -0.1) is 0 Å². The summed E-state index contributed by atoms with van der Waals surface area (Å²) in [6.07, 6.45) is 5.14. The lowest BCUT2D eigenvalue weighted by atomic mass is 10.0. The molecule has 2 saturated heterocycles. The Hall–Kier alpha value is -0.660. The molecule has 0 radical (unpaired) electrons. The molecule has 1 amide bonds. The topological polar surface area (TPSA) is 69.7 Å². The van der Waals surface area contributed by atoms with Crippen molar-refractivity contribution in [1.82, 2.24) is 14.5 Å². The van der Waals surface area contributed by atoms with Crippen molar-refractivity contribution in [3.63, 3.8) is 0 Å². The van der Waals surface area contributed by atoms with Crippen LogP contribution in [0.25, 0.3) is 0 Å². The first-order chi connectivity index (χ1) is 9.37. The van der Waals surface area contributed by atoms with Gasteiger partial charge in [0.1, 0.15) is 0 Å². The fourth-order valence-electron chi connectivity index (χ4n) is 3.12. The van der Waals surface area contributed by atoms with Crippen LogP contribution in [0.1, 0.15) is 32.6 Å². The summed E-state index contributed by atoms with van der Waals surface area (Å²) in [7, 11) is -3.18. The molecule has 2 heterocycles. The van der Waals surface area contributed by atoms with Crippen molar-refractivity contribution in [3.8, 4) is 0 Å². The highest BCUT2D eigenvalue weighted by Gasteiger charge is 2.31. The van der Waals surface area contributed by atoms with E-state index in [0.717, 1.165) is 45.3 Å². The van der Waals surface area contributed by atoms with Gasteiger partial charge in [0.2, 0.25) is 15.9 Å². The third kappa shape index (κ3) is 4.17. The number of carbonyl (C=O) groups excluding carboxylic acids is 1. The molecule has 2 aliphatic rings. The third-order valence-corrected chi connectivity index (χ3v) is 4.92. The second kappa shape index (κ2) is 6.41. The maximum Gasteiger partial charge on any atom is 0.239 e. The minimum atomic E-state index is -3.18. The zero-order chi connectivity index (χ0) is 14.8. The van der Waals surface area contributed by atoms with E-state index < -0.39 is 10.0 Å². The normalized spacial score (nSPS) is 26.7. The van der Waals surface area contributed by atoms with Gasteiger partial charge in [0.15, 0.2) is 0 Å². The van der Waals surface area contributed by atoms with E-state index in [0.29, 0.717) is 6.54 Å². The van der Waals surface area contributed by atoms with Gasteiger partial charge in [-0.3, -0.25) is 9.69 Å². The number of amides is 1. The van der Waals surface area contributed by atoms with Gasteiger partial charge in [-0.05, 0) is 39.2 Å². The molecule has 0 bridgehead atoms. The van der Waals surface area contributed by atoms with Crippen molar-refractivity contribution in [2.45, 2.75) is 44.7 Å². The number of nitrogens with zero attached hydrogens (tertiary/aromatic N) is 2. The first-order valence-electron chi connectivity index (χ1n) is 7.37. The van der Waals surface area contributed by atoms with E-state index in [2.05, 4.69) is 9.62 Å². The van der Waals surface area contributed by atoms with Crippen molar-refractivity contribution in [1.29, 1.82) is 0 Å². The number of piperidine rings is 1. The summed E-state index contributed by atoms with van der Waals surface area (Å²) in [5, 5.41) is 0. The largest absolute Gasteiger partial charge is 0.341 e. The van der Waals surface area contributed by atoms with E-state index in [4.69, 9.17) is 0 Å². The van der Waals surface area contributed by atoms with Gasteiger partial charge in [-0.2, -0.15) is 0 Å². The quantitative estimate of drug-likeness (QED) is 0.794. The third-order valence-electron chi connectivity index (χ3n) is 4.16. The molecule has 0 unspecified atom stereocenters. The van der Waals surface area contributed by atoms with E-state index in [9.17, 15) is 13.2 Å². The monoisotopic (exact) mass is 303 g/mol. The molecular weight excluding hydrogens is 278 g/mol. The Morgan fingerprint density at radius 1 is 1.20 bits per heavy atom. The Balaban J connectivity index is 1.92. The highest BCUT2D eigenvalue weighted by atomic mass is 32.2. The number of sulfonamides is 1. The van der Waals surface area contributed by atoms with Crippen LogP contribution < -0.4 is 4.72 Å². The van der Waals surface area contributed by atoms with E-state index in [1.165, 1.54) is 6.26 Å². The van der Waals surface area contributed by atoms with Crippen LogP contribution in [0, 0.1) is 0 Å². The van der Waals surface area contributed by atoms with Crippen molar-refractivity contribution in [2.24, 2.45) is 0 Å². The molecule has 2 fully saturated rings. The minimum absolute atomic E-state index is 0.0763. The van der Waals surface area contributed by atoms with Crippen molar-refractivity contribution < 1.29 is 13.2 Å². The molecule has 6 nitrogen and oxygen atoms in total. The first-order valence-corrected chi connectivity index (χ1v) is 9.26. The van der Waals surface area contributed by atoms with E-state index >= 15 is 0 Å². The fourth-order valence-corrected chi connectivity index (χ4v) is 3.91. The maximum atomic E-state index is 12.4. The van der Waals surface area contributed by atoms with E-state index in [1.54, 1.807) is 0 Å². The maximum absolute atomic E-state index is 12.4. The highest BCUT2D eigenvalue weighted by Crippen LogP contribution is 2.17. The molecule has 0 saturated carbocycles. The van der Waals surface area contributed by atoms with Gasteiger partial charge in [-0.25, -0.2) is 13.1 Å². The van der Waals surface area contributed by atoms with E-state index in [-0.39, 0.29) is 18.0 Å². The van der Waals surface area contributed by atoms with Gasteiger partial charge in [-0.1, -0.05) is 0 Å². The van der Waals surface area contributed by atoms with Crippen molar-refractivity contribution in [2.75, 3.05) is 32.4 Å². The van der Waals surface area contributed by atoms with E-state index in [1.807, 2.05) is 11.8 Å². The highest BCUT2D eigenvalue weighted by molar-refractivity contribution is 7.88. The number of hydrogen-bond donors (Lipinski definition) is 1. The summed E-state index contributed by atoms with van der Waals surface area (Å²) in [4.78, 5) is 16.4. The standard InChI is InChI=1S/C13H25N3O3S/c1-11(13(17)15-7-3-4-8-15)16-9-5-6-12(10-16)14-20(2,18)19/h11-12,14H,3-10H2,1-2H3/t11-,12-/m0/s1. The molecule has 0 aromatic heterocycles. The molecule has 2 aliphatic heterocycles. The minimum Gasteiger partial charge on any atom is -0.341 e. The Kier molecular flexibility index (Phi) is 5.04. The summed E-state index contributed by atoms with van der Waals surface area (Å²) in [5.74, 6) is 0.183. The van der Waals surface area contributed by atoms with Crippen LogP contribution in [0.15, 0.2) is 0 Å². The zero-order valence-corrected chi connectivity index (χ0v) is 13.2. The Morgan fingerprint density at radius 3 is 2.45 bits per heavy atom. The van der Waals surface area contributed by atoms with Crippen molar-refractivity contribution in [3.05, 3.63) is 0 Å². The molecule has 0 spiro atoms. The van der Waals surface area contributed by atoms with Crippen LogP contribution in [0.2, 0.25) is 0 Å². The Labute approximate surface area is 121 Å². The Bertz CT molecular complexity index is 446. The number of carbonyl (C=O) groups is 1. The number of hydrogen-bond acceptors (Lipinski definition) is 4. The molecule has 0 aliphatic carbocycles. The van der Waals surface area contributed by atoms with Gasteiger partial charge < -0.3 is 4.90 Å². The van der Waals surface area contributed by atoms with Crippen LogP contribution >= 0.6 is 0 Å². The SMILES string of the molecule is C[C@@H](C(=O)N1CCCC1)N1CCC[C@H](NS(C)(=O)=O)C1. The lowest BCUT2D eigenvalue weighted by molar-refractivity contribution is -0.135. The molecule has 2 rings (SSSR count). The molecule has 20 heavy (non-hydrogen) atoms. The summed E-state index contributed by atoms with van der Waals surface area (Å²) < 4.78 is 25.3. The first kappa shape index (κ1) is 15.7. The molecule has 7 heteroatoms. The van der Waals surface area contributed by atoms with Gasteiger partial charge in [0, 0.05) is 25.7 Å². The molecule has 0 aromatic carbocycles. The van der Waals surface area contributed by atoms with Gasteiger partial charge in [0.25, 0.3) is 0 Å². The fraction of sp³-hybridized carbons (Fsp3) is 0.923. The molecule has 2 atom stereocenters. The molecular formula is C13H25N3O3S. The second-order valence-corrected chi connectivity index (χ2v) is 7.71. The number of nitrogens with one attached hydrogen (secondary N) is 1. The van der Waals surface area contributed by atoms with Crippen molar-refractivity contribution >= 4 is 15.9 Å². The summed E-state index contributed by atoms with van der Waals surface area (Å²) in [6, 6.07) is -0.232. The lowest BCUT2D eigenvalue weighted by Crippen LogP contribution is -2.54. The predicted molar refractivity (Wildman–Crippen MR) is 77.9 cm³/mol. The van der Waals surface area contributed by atoms with Crippen LogP contribution in [0.4, 0.5) is 0 Å². The van der Waals surface area contributed by atoms with Crippen LogP contribution in [-0.2, 0) is 14.8 Å².